The lowest BCUT2D eigenvalue weighted by Crippen LogP contribution is -2.26. The minimum Gasteiger partial charge on any atom is -0.408 e. The number of thiophene rings is 1. The molecule has 0 unspecified atom stereocenters. The van der Waals surface area contributed by atoms with Gasteiger partial charge in [-0.2, -0.15) is 11.3 Å². The molecule has 0 spiro atoms. The Morgan fingerprint density at radius 1 is 1.30 bits per heavy atom. The van der Waals surface area contributed by atoms with Crippen LogP contribution in [0.5, 0.6) is 0 Å². The summed E-state index contributed by atoms with van der Waals surface area (Å²) in [6.45, 7) is 2.34. The number of aromatic nitrogens is 1. The highest BCUT2D eigenvalue weighted by Crippen LogP contribution is 2.12. The van der Waals surface area contributed by atoms with Gasteiger partial charge in [-0.1, -0.05) is 12.1 Å². The van der Waals surface area contributed by atoms with Gasteiger partial charge in [-0.05, 0) is 41.6 Å². The smallest absolute Gasteiger partial charge is 0.408 e. The fraction of sp³-hybridized carbons (Fsp3) is 0.267. The average Bonchev–Trinajstić information content (AvgIpc) is 3.03. The van der Waals surface area contributed by atoms with Gasteiger partial charge in [-0.25, -0.2) is 4.79 Å². The molecule has 0 bridgehead atoms. The summed E-state index contributed by atoms with van der Waals surface area (Å²) in [5.74, 6) is -0.282. The van der Waals surface area contributed by atoms with E-state index in [2.05, 4.69) is 28.8 Å². The van der Waals surface area contributed by atoms with E-state index in [0.717, 1.165) is 18.6 Å². The molecular weight excluding hydrogens is 272 g/mol. The van der Waals surface area contributed by atoms with Crippen LogP contribution in [0.4, 0.5) is 0 Å². The number of hydrogen-bond acceptors (Lipinski definition) is 4. The minimum atomic E-state index is -0.282. The van der Waals surface area contributed by atoms with E-state index in [9.17, 15) is 4.79 Å². The highest BCUT2D eigenvalue weighted by Gasteiger charge is 2.09. The molecule has 2 aromatic heterocycles. The molecule has 0 saturated heterocycles. The second-order valence-corrected chi connectivity index (χ2v) is 5.64. The predicted molar refractivity (Wildman–Crippen MR) is 81.1 cm³/mol. The zero-order valence-corrected chi connectivity index (χ0v) is 12.1. The predicted octanol–water partition coefficient (Wildman–Crippen LogP) is 2.79. The monoisotopic (exact) mass is 288 g/mol. The third-order valence-electron chi connectivity index (χ3n) is 3.31. The van der Waals surface area contributed by atoms with Crippen molar-refractivity contribution >= 4 is 22.4 Å². The van der Waals surface area contributed by atoms with Crippen LogP contribution < -0.4 is 5.76 Å². The van der Waals surface area contributed by atoms with Crippen LogP contribution in [0.2, 0.25) is 0 Å². The van der Waals surface area contributed by atoms with Crippen LogP contribution in [0.25, 0.3) is 11.1 Å². The maximum Gasteiger partial charge on any atom is 0.419 e. The first-order valence-electron chi connectivity index (χ1n) is 6.52. The van der Waals surface area contributed by atoms with Crippen molar-refractivity contribution in [1.29, 1.82) is 0 Å². The third kappa shape index (κ3) is 2.69. The topological polar surface area (TPSA) is 38.4 Å². The zero-order chi connectivity index (χ0) is 13.9. The van der Waals surface area contributed by atoms with E-state index in [0.29, 0.717) is 12.1 Å². The summed E-state index contributed by atoms with van der Waals surface area (Å²) in [5.41, 5.74) is 2.82. The lowest BCUT2D eigenvalue weighted by molar-refractivity contribution is 0.308. The Balaban J connectivity index is 1.70. The summed E-state index contributed by atoms with van der Waals surface area (Å²) in [5, 5.41) is 4.23. The lowest BCUT2D eigenvalue weighted by Gasteiger charge is -2.15. The average molecular weight is 288 g/mol. The summed E-state index contributed by atoms with van der Waals surface area (Å²) < 4.78 is 6.92. The molecule has 1 aromatic carbocycles. The fourth-order valence-corrected chi connectivity index (χ4v) is 2.93. The molecule has 0 aliphatic rings. The Labute approximate surface area is 120 Å². The van der Waals surface area contributed by atoms with E-state index in [-0.39, 0.29) is 5.76 Å². The van der Waals surface area contributed by atoms with E-state index < -0.39 is 0 Å². The van der Waals surface area contributed by atoms with Gasteiger partial charge in [0.25, 0.3) is 0 Å². The number of likely N-dealkylation sites (N-methyl/N-ethyl adjacent to an activating group) is 1. The summed E-state index contributed by atoms with van der Waals surface area (Å²) in [6.07, 6.45) is 0. The Kier molecular flexibility index (Phi) is 3.71. The van der Waals surface area contributed by atoms with Crippen LogP contribution in [-0.4, -0.2) is 23.1 Å². The van der Waals surface area contributed by atoms with Gasteiger partial charge in [0.2, 0.25) is 0 Å². The van der Waals surface area contributed by atoms with Gasteiger partial charge >= 0.3 is 5.76 Å². The standard InChI is InChI=1S/C15H16N2O2S/c1-16(10-12-6-9-20-11-12)7-8-17-13-4-2-3-5-14(13)19-15(17)18/h2-6,9,11H,7-8,10H2,1H3. The lowest BCUT2D eigenvalue weighted by atomic mass is 10.3. The Hall–Kier alpha value is -1.85. The maximum absolute atomic E-state index is 11.8. The molecule has 104 valence electrons. The van der Waals surface area contributed by atoms with Gasteiger partial charge in [-0.3, -0.25) is 4.57 Å². The second kappa shape index (κ2) is 5.64. The summed E-state index contributed by atoms with van der Waals surface area (Å²) in [6, 6.07) is 9.66. The number of para-hydroxylation sites is 2. The van der Waals surface area contributed by atoms with Crippen molar-refractivity contribution < 1.29 is 4.42 Å². The summed E-state index contributed by atoms with van der Waals surface area (Å²) in [4.78, 5) is 14.1. The van der Waals surface area contributed by atoms with Gasteiger partial charge in [-0.15, -0.1) is 0 Å². The second-order valence-electron chi connectivity index (χ2n) is 4.86. The van der Waals surface area contributed by atoms with Crippen LogP contribution >= 0.6 is 11.3 Å². The van der Waals surface area contributed by atoms with Crippen LogP contribution in [-0.2, 0) is 13.1 Å². The number of benzene rings is 1. The molecule has 5 heteroatoms. The van der Waals surface area contributed by atoms with Crippen molar-refractivity contribution in [2.75, 3.05) is 13.6 Å². The van der Waals surface area contributed by atoms with Crippen molar-refractivity contribution in [3.8, 4) is 0 Å². The Bertz CT molecular complexity index is 743. The minimum absolute atomic E-state index is 0.282. The molecule has 0 amide bonds. The van der Waals surface area contributed by atoms with Crippen molar-refractivity contribution in [1.82, 2.24) is 9.47 Å². The normalized spacial score (nSPS) is 11.5. The first-order chi connectivity index (χ1) is 9.74. The third-order valence-corrected chi connectivity index (χ3v) is 4.04. The molecule has 0 atom stereocenters. The molecule has 20 heavy (non-hydrogen) atoms. The fourth-order valence-electron chi connectivity index (χ4n) is 2.27. The molecule has 0 aliphatic heterocycles. The van der Waals surface area contributed by atoms with E-state index in [1.807, 2.05) is 24.3 Å². The summed E-state index contributed by atoms with van der Waals surface area (Å²) >= 11 is 1.70. The zero-order valence-electron chi connectivity index (χ0n) is 11.3. The van der Waals surface area contributed by atoms with E-state index in [1.54, 1.807) is 15.9 Å². The molecular formula is C15H16N2O2S. The Morgan fingerprint density at radius 3 is 2.95 bits per heavy atom. The van der Waals surface area contributed by atoms with Gasteiger partial charge in [0.05, 0.1) is 5.52 Å². The molecule has 2 heterocycles. The first-order valence-corrected chi connectivity index (χ1v) is 7.46. The van der Waals surface area contributed by atoms with Crippen molar-refractivity contribution in [2.45, 2.75) is 13.1 Å². The number of nitrogens with zero attached hydrogens (tertiary/aromatic N) is 2. The van der Waals surface area contributed by atoms with Gasteiger partial charge < -0.3 is 9.32 Å². The first kappa shape index (κ1) is 13.1. The van der Waals surface area contributed by atoms with Crippen LogP contribution in [0.1, 0.15) is 5.56 Å². The Morgan fingerprint density at radius 2 is 2.15 bits per heavy atom. The molecule has 4 nitrogen and oxygen atoms in total. The molecule has 0 N–H and O–H groups in total. The molecule has 0 saturated carbocycles. The van der Waals surface area contributed by atoms with Gasteiger partial charge in [0.1, 0.15) is 0 Å². The van der Waals surface area contributed by atoms with Gasteiger partial charge in [0.15, 0.2) is 5.58 Å². The number of oxazole rings is 1. The largest absolute Gasteiger partial charge is 0.419 e. The SMILES string of the molecule is CN(CCn1c(=O)oc2ccccc21)Cc1ccsc1. The van der Waals surface area contributed by atoms with E-state index >= 15 is 0 Å². The van der Waals surface area contributed by atoms with E-state index in [1.165, 1.54) is 5.56 Å². The van der Waals surface area contributed by atoms with Crippen molar-refractivity contribution in [3.63, 3.8) is 0 Å². The maximum atomic E-state index is 11.8. The van der Waals surface area contributed by atoms with Crippen molar-refractivity contribution in [2.24, 2.45) is 0 Å². The van der Waals surface area contributed by atoms with Crippen LogP contribution in [0, 0.1) is 0 Å². The number of fused-ring (bicyclic) bond motifs is 1. The molecule has 3 aromatic rings. The van der Waals surface area contributed by atoms with E-state index in [4.69, 9.17) is 4.42 Å². The molecule has 0 radical (unpaired) electrons. The number of rotatable bonds is 5. The van der Waals surface area contributed by atoms with Crippen LogP contribution in [0.3, 0.4) is 0 Å². The van der Waals surface area contributed by atoms with Crippen LogP contribution in [0.15, 0.2) is 50.3 Å². The molecule has 0 aliphatic carbocycles. The van der Waals surface area contributed by atoms with Gasteiger partial charge in [0, 0.05) is 19.6 Å². The number of hydrogen-bond donors (Lipinski definition) is 0. The highest BCUT2D eigenvalue weighted by atomic mass is 32.1. The summed E-state index contributed by atoms with van der Waals surface area (Å²) in [7, 11) is 2.06. The molecule has 3 rings (SSSR count). The molecule has 0 fully saturated rings. The quantitative estimate of drug-likeness (QED) is 0.724. The van der Waals surface area contributed by atoms with Crippen molar-refractivity contribution in [3.05, 3.63) is 57.2 Å². The highest BCUT2D eigenvalue weighted by molar-refractivity contribution is 7.07.